The van der Waals surface area contributed by atoms with Crippen LogP contribution in [0.3, 0.4) is 0 Å². The minimum absolute atomic E-state index is 0.0178. The summed E-state index contributed by atoms with van der Waals surface area (Å²) < 4.78 is 20.1. The molecule has 0 bridgehead atoms. The molecule has 0 atom stereocenters. The molecule has 0 heterocycles. The Balaban J connectivity index is 3.40. The number of hydrogen-bond acceptors (Lipinski definition) is 8. The highest BCUT2D eigenvalue weighted by Crippen LogP contribution is 2.21. The van der Waals surface area contributed by atoms with Crippen molar-refractivity contribution in [2.75, 3.05) is 14.2 Å². The second kappa shape index (κ2) is 11.5. The molecule has 0 aliphatic rings. The number of carbonyl (C=O) groups excluding carboxylic acids is 4. The van der Waals surface area contributed by atoms with Crippen molar-refractivity contribution in [1.82, 2.24) is 5.32 Å². The maximum atomic E-state index is 12.5. The van der Waals surface area contributed by atoms with Gasteiger partial charge >= 0.3 is 24.0 Å². The molecule has 0 unspecified atom stereocenters. The number of amides is 1. The molecule has 1 aromatic carbocycles. The van der Waals surface area contributed by atoms with E-state index < -0.39 is 35.2 Å². The van der Waals surface area contributed by atoms with Crippen LogP contribution in [0, 0.1) is 0 Å². The van der Waals surface area contributed by atoms with E-state index in [-0.39, 0.29) is 24.1 Å². The lowest BCUT2D eigenvalue weighted by molar-refractivity contribution is -0.143. The summed E-state index contributed by atoms with van der Waals surface area (Å²) in [6.45, 7) is 10.5. The van der Waals surface area contributed by atoms with Crippen molar-refractivity contribution in [3.63, 3.8) is 0 Å². The molecule has 182 valence electrons. The molecule has 9 nitrogen and oxygen atoms in total. The average Bonchev–Trinajstić information content (AvgIpc) is 2.68. The first-order valence-electron chi connectivity index (χ1n) is 10.3. The Morgan fingerprint density at radius 1 is 0.909 bits per heavy atom. The fourth-order valence-electron chi connectivity index (χ4n) is 2.56. The molecule has 9 heteroatoms. The molecule has 0 aliphatic heterocycles. The minimum Gasteiger partial charge on any atom is -0.469 e. The Bertz CT molecular complexity index is 919. The third-order valence-electron chi connectivity index (χ3n) is 3.94. The first kappa shape index (κ1) is 27.7. The van der Waals surface area contributed by atoms with E-state index in [0.29, 0.717) is 11.1 Å². The summed E-state index contributed by atoms with van der Waals surface area (Å²) in [7, 11) is 2.39. The summed E-state index contributed by atoms with van der Waals surface area (Å²) in [5.74, 6) is -1.92. The molecule has 1 rings (SSSR count). The number of carbonyl (C=O) groups is 4. The van der Waals surface area contributed by atoms with E-state index in [1.165, 1.54) is 26.4 Å². The highest BCUT2D eigenvalue weighted by atomic mass is 16.6. The molecule has 33 heavy (non-hydrogen) atoms. The van der Waals surface area contributed by atoms with Gasteiger partial charge in [0, 0.05) is 12.1 Å². The standard InChI is InChI=1S/C24H33NO8/c1-23(2,3)32-21(28)15-9-10-16(14-25-22(29)33-24(4,5)6)17(11-15)12-18(20(27)31-8)13-19(26)30-7/h9-12H,13-14H2,1-8H3,(H,25,29)/b18-12+. The number of benzene rings is 1. The fraction of sp³-hybridized carbons (Fsp3) is 0.500. The Labute approximate surface area is 194 Å². The van der Waals surface area contributed by atoms with Crippen LogP contribution in [0.25, 0.3) is 6.08 Å². The second-order valence-corrected chi connectivity index (χ2v) is 9.18. The van der Waals surface area contributed by atoms with Crippen LogP contribution in [0.5, 0.6) is 0 Å². The molecule has 0 radical (unpaired) electrons. The van der Waals surface area contributed by atoms with Crippen molar-refractivity contribution in [2.45, 2.75) is 65.7 Å². The van der Waals surface area contributed by atoms with Gasteiger partial charge in [-0.3, -0.25) is 4.79 Å². The van der Waals surface area contributed by atoms with Gasteiger partial charge in [0.05, 0.1) is 26.2 Å². The number of esters is 3. The van der Waals surface area contributed by atoms with Gasteiger partial charge in [-0.15, -0.1) is 0 Å². The first-order valence-corrected chi connectivity index (χ1v) is 10.3. The smallest absolute Gasteiger partial charge is 0.407 e. The Kier molecular flexibility index (Phi) is 9.63. The lowest BCUT2D eigenvalue weighted by Gasteiger charge is -2.21. The van der Waals surface area contributed by atoms with Crippen molar-refractivity contribution in [3.05, 3.63) is 40.5 Å². The van der Waals surface area contributed by atoms with Gasteiger partial charge in [0.15, 0.2) is 0 Å². The quantitative estimate of drug-likeness (QED) is 0.369. The fourth-order valence-corrected chi connectivity index (χ4v) is 2.56. The zero-order chi connectivity index (χ0) is 25.4. The normalized spacial score (nSPS) is 11.9. The summed E-state index contributed by atoms with van der Waals surface area (Å²) in [4.78, 5) is 48.6. The maximum Gasteiger partial charge on any atom is 0.407 e. The third kappa shape index (κ3) is 10.2. The Morgan fingerprint density at radius 3 is 2.03 bits per heavy atom. The van der Waals surface area contributed by atoms with Crippen LogP contribution in [0.2, 0.25) is 0 Å². The molecular formula is C24H33NO8. The molecule has 1 N–H and O–H groups in total. The van der Waals surface area contributed by atoms with Gasteiger partial charge in [0.1, 0.15) is 11.2 Å². The number of rotatable bonds is 7. The highest BCUT2D eigenvalue weighted by Gasteiger charge is 2.21. The van der Waals surface area contributed by atoms with Gasteiger partial charge in [-0.2, -0.15) is 0 Å². The van der Waals surface area contributed by atoms with Crippen LogP contribution >= 0.6 is 0 Å². The number of alkyl carbamates (subject to hydrolysis) is 1. The first-order chi connectivity index (χ1) is 15.1. The number of ether oxygens (including phenoxy) is 4. The molecule has 0 spiro atoms. The van der Waals surface area contributed by atoms with Crippen LogP contribution in [-0.4, -0.2) is 49.4 Å². The van der Waals surface area contributed by atoms with Crippen molar-refractivity contribution in [3.8, 4) is 0 Å². The molecule has 0 aliphatic carbocycles. The van der Waals surface area contributed by atoms with Gasteiger partial charge in [0.2, 0.25) is 0 Å². The lowest BCUT2D eigenvalue weighted by Crippen LogP contribution is -2.32. The van der Waals surface area contributed by atoms with E-state index in [2.05, 4.69) is 10.1 Å². The lowest BCUT2D eigenvalue weighted by atomic mass is 10.00. The van der Waals surface area contributed by atoms with E-state index >= 15 is 0 Å². The molecular weight excluding hydrogens is 430 g/mol. The van der Waals surface area contributed by atoms with Crippen molar-refractivity contribution in [2.24, 2.45) is 0 Å². The predicted octanol–water partition coefficient (Wildman–Crippen LogP) is 3.79. The minimum atomic E-state index is -0.728. The largest absolute Gasteiger partial charge is 0.469 e. The van der Waals surface area contributed by atoms with Crippen molar-refractivity contribution >= 4 is 30.1 Å². The van der Waals surface area contributed by atoms with Crippen LogP contribution in [-0.2, 0) is 35.1 Å². The van der Waals surface area contributed by atoms with E-state index in [1.807, 2.05) is 0 Å². The van der Waals surface area contributed by atoms with Gasteiger partial charge in [-0.1, -0.05) is 6.07 Å². The van der Waals surface area contributed by atoms with E-state index in [1.54, 1.807) is 53.7 Å². The summed E-state index contributed by atoms with van der Waals surface area (Å²) in [5.41, 5.74) is -0.139. The summed E-state index contributed by atoms with van der Waals surface area (Å²) in [6, 6.07) is 4.69. The summed E-state index contributed by atoms with van der Waals surface area (Å²) in [5, 5.41) is 2.64. The topological polar surface area (TPSA) is 117 Å². The maximum absolute atomic E-state index is 12.5. The van der Waals surface area contributed by atoms with Gasteiger partial charge in [-0.05, 0) is 70.9 Å². The number of methoxy groups -OCH3 is 2. The molecule has 0 aromatic heterocycles. The van der Waals surface area contributed by atoms with Crippen LogP contribution in [0.4, 0.5) is 4.79 Å². The number of hydrogen-bond donors (Lipinski definition) is 1. The molecule has 0 saturated heterocycles. The second-order valence-electron chi connectivity index (χ2n) is 9.18. The van der Waals surface area contributed by atoms with E-state index in [4.69, 9.17) is 14.2 Å². The van der Waals surface area contributed by atoms with E-state index in [0.717, 1.165) is 0 Å². The number of nitrogens with one attached hydrogen (secondary N) is 1. The zero-order valence-corrected chi connectivity index (χ0v) is 20.5. The summed E-state index contributed by atoms with van der Waals surface area (Å²) in [6.07, 6.45) is 0.456. The van der Waals surface area contributed by atoms with Crippen molar-refractivity contribution < 1.29 is 38.1 Å². The summed E-state index contributed by atoms with van der Waals surface area (Å²) >= 11 is 0. The Hall–Kier alpha value is -3.36. The van der Waals surface area contributed by atoms with Gasteiger partial charge in [0.25, 0.3) is 0 Å². The third-order valence-corrected chi connectivity index (χ3v) is 3.94. The zero-order valence-electron chi connectivity index (χ0n) is 20.5. The van der Waals surface area contributed by atoms with E-state index in [9.17, 15) is 19.2 Å². The van der Waals surface area contributed by atoms with Gasteiger partial charge in [-0.25, -0.2) is 14.4 Å². The monoisotopic (exact) mass is 463 g/mol. The van der Waals surface area contributed by atoms with Crippen molar-refractivity contribution in [1.29, 1.82) is 0 Å². The highest BCUT2D eigenvalue weighted by molar-refractivity contribution is 5.99. The molecule has 0 fully saturated rings. The molecule has 1 aromatic rings. The van der Waals surface area contributed by atoms with Crippen LogP contribution in [0.15, 0.2) is 23.8 Å². The molecule has 0 saturated carbocycles. The average molecular weight is 464 g/mol. The van der Waals surface area contributed by atoms with Crippen LogP contribution < -0.4 is 5.32 Å². The molecule has 1 amide bonds. The predicted molar refractivity (Wildman–Crippen MR) is 121 cm³/mol. The SMILES string of the molecule is COC(=O)C/C(=C\c1cc(C(=O)OC(C)(C)C)ccc1CNC(=O)OC(C)(C)C)C(=O)OC. The van der Waals surface area contributed by atoms with Gasteiger partial charge < -0.3 is 24.3 Å². The Morgan fingerprint density at radius 2 is 1.52 bits per heavy atom. The van der Waals surface area contributed by atoms with Crippen LogP contribution in [0.1, 0.15) is 69.4 Å².